The molecule has 0 aromatic carbocycles. The monoisotopic (exact) mass is 392 g/mol. The summed E-state index contributed by atoms with van der Waals surface area (Å²) in [5.41, 5.74) is -0.616. The maximum absolute atomic E-state index is 12.5. The number of hydrogen-bond acceptors (Lipinski definition) is 5. The Hall–Kier alpha value is -2.30. The first kappa shape index (κ1) is 22.0. The van der Waals surface area contributed by atoms with E-state index in [2.05, 4.69) is 11.4 Å². The van der Waals surface area contributed by atoms with Crippen molar-refractivity contribution in [1.29, 1.82) is 5.26 Å². The molecule has 0 aromatic rings. The fourth-order valence-corrected chi connectivity index (χ4v) is 3.68. The van der Waals surface area contributed by atoms with Crippen LogP contribution in [-0.4, -0.2) is 65.5 Å². The van der Waals surface area contributed by atoms with Crippen molar-refractivity contribution in [3.8, 4) is 6.07 Å². The van der Waals surface area contributed by atoms with E-state index in [-0.39, 0.29) is 31.4 Å². The molecule has 1 unspecified atom stereocenters. The molecule has 1 aliphatic carbocycles. The van der Waals surface area contributed by atoms with E-state index in [0.717, 1.165) is 6.42 Å². The highest BCUT2D eigenvalue weighted by molar-refractivity contribution is 5.85. The number of carbonyl (C=O) groups is 3. The Morgan fingerprint density at radius 3 is 2.46 bits per heavy atom. The van der Waals surface area contributed by atoms with Crippen molar-refractivity contribution in [2.24, 2.45) is 5.92 Å². The highest BCUT2D eigenvalue weighted by Gasteiger charge is 2.34. The van der Waals surface area contributed by atoms with Crippen LogP contribution >= 0.6 is 0 Å². The fraction of sp³-hybridized carbons (Fsp3) is 0.800. The van der Waals surface area contributed by atoms with Gasteiger partial charge in [-0.3, -0.25) is 9.59 Å². The molecule has 2 fully saturated rings. The Kier molecular flexibility index (Phi) is 7.67. The van der Waals surface area contributed by atoms with Crippen molar-refractivity contribution in [2.75, 3.05) is 26.2 Å². The van der Waals surface area contributed by atoms with E-state index in [4.69, 9.17) is 4.74 Å². The Labute approximate surface area is 167 Å². The molecule has 1 N–H and O–H groups in total. The Bertz CT molecular complexity index is 617. The maximum Gasteiger partial charge on any atom is 0.410 e. The van der Waals surface area contributed by atoms with Crippen molar-refractivity contribution in [2.45, 2.75) is 70.9 Å². The van der Waals surface area contributed by atoms with Gasteiger partial charge in [0.15, 0.2) is 0 Å². The molecule has 2 rings (SSSR count). The van der Waals surface area contributed by atoms with Crippen molar-refractivity contribution < 1.29 is 19.1 Å². The average Bonchev–Trinajstić information content (AvgIpc) is 3.16. The van der Waals surface area contributed by atoms with Gasteiger partial charge in [-0.2, -0.15) is 5.26 Å². The molecule has 0 aromatic heterocycles. The van der Waals surface area contributed by atoms with Crippen LogP contribution < -0.4 is 5.32 Å². The normalized spacial score (nSPS) is 20.6. The molecule has 0 bridgehead atoms. The molecule has 2 aliphatic rings. The number of piperazine rings is 1. The third-order valence-electron chi connectivity index (χ3n) is 5.19. The summed E-state index contributed by atoms with van der Waals surface area (Å²) in [6, 6.07) is 1.33. The average molecular weight is 393 g/mol. The summed E-state index contributed by atoms with van der Waals surface area (Å²) in [4.78, 5) is 39.5. The lowest BCUT2D eigenvalue weighted by Gasteiger charge is -2.38. The molecule has 156 valence electrons. The van der Waals surface area contributed by atoms with Crippen LogP contribution in [0, 0.1) is 17.2 Å². The third-order valence-corrected chi connectivity index (χ3v) is 5.19. The van der Waals surface area contributed by atoms with Crippen LogP contribution in [0.15, 0.2) is 0 Å². The van der Waals surface area contributed by atoms with Gasteiger partial charge >= 0.3 is 6.09 Å². The van der Waals surface area contributed by atoms with Crippen molar-refractivity contribution in [1.82, 2.24) is 15.1 Å². The smallest absolute Gasteiger partial charge is 0.410 e. The van der Waals surface area contributed by atoms with Gasteiger partial charge in [0.2, 0.25) is 11.8 Å². The van der Waals surface area contributed by atoms with Gasteiger partial charge in [0.25, 0.3) is 0 Å². The minimum atomic E-state index is -0.746. The molecule has 8 heteroatoms. The van der Waals surface area contributed by atoms with Crippen LogP contribution in [0.1, 0.15) is 59.3 Å². The highest BCUT2D eigenvalue weighted by atomic mass is 16.6. The quantitative estimate of drug-likeness (QED) is 0.771. The second kappa shape index (κ2) is 9.76. The first-order valence-electron chi connectivity index (χ1n) is 10.1. The molecule has 3 amide bonds. The van der Waals surface area contributed by atoms with E-state index in [1.54, 1.807) is 20.8 Å². The van der Waals surface area contributed by atoms with E-state index in [1.165, 1.54) is 35.5 Å². The maximum atomic E-state index is 12.5. The number of amides is 3. The summed E-state index contributed by atoms with van der Waals surface area (Å²) in [7, 11) is 0. The minimum Gasteiger partial charge on any atom is -0.444 e. The summed E-state index contributed by atoms with van der Waals surface area (Å²) in [6.45, 7) is 5.87. The molecule has 0 spiro atoms. The predicted molar refractivity (Wildman–Crippen MR) is 103 cm³/mol. The molecular formula is C20H32N4O4. The van der Waals surface area contributed by atoms with E-state index < -0.39 is 17.7 Å². The van der Waals surface area contributed by atoms with E-state index in [9.17, 15) is 19.6 Å². The van der Waals surface area contributed by atoms with Gasteiger partial charge in [0, 0.05) is 19.5 Å². The number of nitriles is 1. The Balaban J connectivity index is 1.77. The predicted octanol–water partition coefficient (Wildman–Crippen LogP) is 2.04. The molecule has 1 atom stereocenters. The molecule has 1 heterocycles. The van der Waals surface area contributed by atoms with Gasteiger partial charge in [-0.1, -0.05) is 25.7 Å². The van der Waals surface area contributed by atoms with E-state index >= 15 is 0 Å². The third kappa shape index (κ3) is 6.70. The molecule has 28 heavy (non-hydrogen) atoms. The fourth-order valence-electron chi connectivity index (χ4n) is 3.68. The minimum absolute atomic E-state index is 0.104. The van der Waals surface area contributed by atoms with Gasteiger partial charge in [-0.25, -0.2) is 4.79 Å². The van der Waals surface area contributed by atoms with Gasteiger partial charge in [-0.05, 0) is 33.1 Å². The van der Waals surface area contributed by atoms with Crippen LogP contribution in [-0.2, 0) is 14.3 Å². The molecule has 0 radical (unpaired) electrons. The van der Waals surface area contributed by atoms with E-state index in [1.807, 2.05) is 0 Å². The molecule has 1 saturated heterocycles. The highest BCUT2D eigenvalue weighted by Crippen LogP contribution is 2.28. The lowest BCUT2D eigenvalue weighted by Crippen LogP contribution is -2.58. The molecule has 1 aliphatic heterocycles. The van der Waals surface area contributed by atoms with Crippen molar-refractivity contribution in [3.05, 3.63) is 0 Å². The first-order chi connectivity index (χ1) is 13.2. The lowest BCUT2D eigenvalue weighted by atomic mass is 10.0. The number of carbonyl (C=O) groups excluding carboxylic acids is 3. The summed E-state index contributed by atoms with van der Waals surface area (Å²) in [5, 5.41) is 12.1. The summed E-state index contributed by atoms with van der Waals surface area (Å²) in [6.07, 6.45) is 5.70. The molecule has 1 saturated carbocycles. The van der Waals surface area contributed by atoms with Crippen LogP contribution in [0.25, 0.3) is 0 Å². The largest absolute Gasteiger partial charge is 0.444 e. The zero-order valence-electron chi connectivity index (χ0n) is 17.2. The van der Waals surface area contributed by atoms with Crippen LogP contribution in [0.3, 0.4) is 0 Å². The van der Waals surface area contributed by atoms with Gasteiger partial charge in [-0.15, -0.1) is 0 Å². The number of nitrogens with one attached hydrogen (secondary N) is 1. The number of nitrogens with zero attached hydrogens (tertiary/aromatic N) is 3. The van der Waals surface area contributed by atoms with Crippen molar-refractivity contribution >= 4 is 17.9 Å². The molecule has 8 nitrogen and oxygen atoms in total. The Morgan fingerprint density at radius 1 is 1.18 bits per heavy atom. The topological polar surface area (TPSA) is 103 Å². The van der Waals surface area contributed by atoms with Crippen LogP contribution in [0.4, 0.5) is 4.79 Å². The Morgan fingerprint density at radius 2 is 1.86 bits per heavy atom. The summed E-state index contributed by atoms with van der Waals surface area (Å²) < 4.78 is 5.33. The van der Waals surface area contributed by atoms with Crippen molar-refractivity contribution in [3.63, 3.8) is 0 Å². The number of hydrogen-bond donors (Lipinski definition) is 1. The van der Waals surface area contributed by atoms with Gasteiger partial charge < -0.3 is 19.9 Å². The van der Waals surface area contributed by atoms with E-state index in [0.29, 0.717) is 18.9 Å². The zero-order chi connectivity index (χ0) is 20.7. The lowest BCUT2D eigenvalue weighted by molar-refractivity contribution is -0.135. The first-order valence-corrected chi connectivity index (χ1v) is 10.1. The summed E-state index contributed by atoms with van der Waals surface area (Å²) >= 11 is 0. The van der Waals surface area contributed by atoms with Gasteiger partial charge in [0.05, 0.1) is 19.2 Å². The number of rotatable bonds is 5. The SMILES string of the molecule is CC(C)(C)OC(=O)N1CCN(C(=O)CNC(=O)CCC2CCCC2)C(C#N)C1. The number of ether oxygens (including phenoxy) is 1. The summed E-state index contributed by atoms with van der Waals surface area (Å²) in [5.74, 6) is 0.205. The standard InChI is InChI=1S/C20H32N4O4/c1-20(2,3)28-19(27)23-10-11-24(16(12-21)14-23)18(26)13-22-17(25)9-8-15-6-4-5-7-15/h15-16H,4-11,13-14H2,1-3H3,(H,22,25). The second-order valence-corrected chi connectivity index (χ2v) is 8.62. The van der Waals surface area contributed by atoms with Crippen LogP contribution in [0.5, 0.6) is 0 Å². The molecular weight excluding hydrogens is 360 g/mol. The van der Waals surface area contributed by atoms with Gasteiger partial charge in [0.1, 0.15) is 11.6 Å². The second-order valence-electron chi connectivity index (χ2n) is 8.62. The van der Waals surface area contributed by atoms with Crippen LogP contribution in [0.2, 0.25) is 0 Å². The zero-order valence-corrected chi connectivity index (χ0v) is 17.2.